The number of aliphatic hydroxyl groups is 1. The Balaban J connectivity index is 1.81. The highest BCUT2D eigenvalue weighted by molar-refractivity contribution is 6.31. The number of nitrogens with one attached hydrogen (secondary N) is 1. The fourth-order valence-corrected chi connectivity index (χ4v) is 2.94. The average Bonchev–Trinajstić information content (AvgIpc) is 2.56. The monoisotopic (exact) mass is 271 g/mol. The molecule has 0 aromatic carbocycles. The van der Waals surface area contributed by atoms with Crippen LogP contribution >= 0.6 is 11.6 Å². The summed E-state index contributed by atoms with van der Waals surface area (Å²) in [6.45, 7) is 3.60. The van der Waals surface area contributed by atoms with Gasteiger partial charge in [0.25, 0.3) is 0 Å². The second-order valence-electron chi connectivity index (χ2n) is 5.29. The summed E-state index contributed by atoms with van der Waals surface area (Å²) >= 11 is 6.20. The Bertz CT molecular complexity index is 405. The van der Waals surface area contributed by atoms with Crippen LogP contribution in [0.2, 0.25) is 5.02 Å². The molecule has 0 bridgehead atoms. The summed E-state index contributed by atoms with van der Waals surface area (Å²) in [6, 6.07) is 0. The topological polar surface area (TPSA) is 50.1 Å². The first-order valence-electron chi connectivity index (χ1n) is 6.64. The number of halogens is 1. The maximum Gasteiger partial charge on any atom is 0.0860 e. The van der Waals surface area contributed by atoms with Crippen molar-refractivity contribution < 1.29 is 5.11 Å². The van der Waals surface area contributed by atoms with Gasteiger partial charge in [0.2, 0.25) is 0 Å². The highest BCUT2D eigenvalue weighted by Crippen LogP contribution is 2.24. The normalized spacial score (nSPS) is 24.4. The molecule has 5 heteroatoms. The van der Waals surface area contributed by atoms with Crippen molar-refractivity contribution in [1.82, 2.24) is 15.1 Å². The van der Waals surface area contributed by atoms with Gasteiger partial charge in [0.05, 0.1) is 22.5 Å². The van der Waals surface area contributed by atoms with Crippen molar-refractivity contribution >= 4 is 11.6 Å². The minimum absolute atomic E-state index is 0.104. The fraction of sp³-hybridized carbons (Fsp3) is 0.769. The predicted octanol–water partition coefficient (Wildman–Crippen LogP) is 2.02. The molecule has 0 saturated heterocycles. The highest BCUT2D eigenvalue weighted by atomic mass is 35.5. The summed E-state index contributed by atoms with van der Waals surface area (Å²) in [6.07, 6.45) is 4.13. The minimum atomic E-state index is -0.104. The van der Waals surface area contributed by atoms with Gasteiger partial charge in [0, 0.05) is 13.6 Å². The number of aromatic nitrogens is 2. The van der Waals surface area contributed by atoms with E-state index in [-0.39, 0.29) is 6.10 Å². The van der Waals surface area contributed by atoms with Gasteiger partial charge >= 0.3 is 0 Å². The Morgan fingerprint density at radius 2 is 2.28 bits per heavy atom. The molecule has 2 N–H and O–H groups in total. The highest BCUT2D eigenvalue weighted by Gasteiger charge is 2.20. The van der Waals surface area contributed by atoms with Crippen molar-refractivity contribution in [3.05, 3.63) is 16.4 Å². The van der Waals surface area contributed by atoms with E-state index in [1.807, 2.05) is 18.7 Å². The smallest absolute Gasteiger partial charge is 0.0860 e. The lowest BCUT2D eigenvalue weighted by Gasteiger charge is -2.26. The first kappa shape index (κ1) is 13.8. The molecular weight excluding hydrogens is 250 g/mol. The molecule has 0 aliphatic heterocycles. The molecule has 2 rings (SSSR count). The van der Waals surface area contributed by atoms with E-state index in [1.54, 1.807) is 0 Å². The van der Waals surface area contributed by atoms with Gasteiger partial charge in [-0.1, -0.05) is 18.0 Å². The number of rotatable bonds is 4. The van der Waals surface area contributed by atoms with Crippen LogP contribution in [0.4, 0.5) is 0 Å². The van der Waals surface area contributed by atoms with Gasteiger partial charge in [0.1, 0.15) is 0 Å². The van der Waals surface area contributed by atoms with Gasteiger partial charge in [0.15, 0.2) is 0 Å². The first-order chi connectivity index (χ1) is 8.58. The molecule has 2 atom stereocenters. The van der Waals surface area contributed by atoms with Gasteiger partial charge in [-0.05, 0) is 38.6 Å². The van der Waals surface area contributed by atoms with Gasteiger partial charge in [-0.15, -0.1) is 0 Å². The quantitative estimate of drug-likeness (QED) is 0.881. The lowest BCUT2D eigenvalue weighted by atomic mass is 9.87. The van der Waals surface area contributed by atoms with E-state index in [0.29, 0.717) is 5.92 Å². The molecule has 1 heterocycles. The molecule has 1 aliphatic carbocycles. The van der Waals surface area contributed by atoms with Crippen molar-refractivity contribution in [1.29, 1.82) is 0 Å². The van der Waals surface area contributed by atoms with E-state index >= 15 is 0 Å². The second kappa shape index (κ2) is 6.04. The zero-order valence-corrected chi connectivity index (χ0v) is 11.9. The van der Waals surface area contributed by atoms with Crippen LogP contribution in [0.5, 0.6) is 0 Å². The Kier molecular flexibility index (Phi) is 4.65. The van der Waals surface area contributed by atoms with Crippen molar-refractivity contribution in [3.8, 4) is 0 Å². The maximum absolute atomic E-state index is 9.62. The van der Waals surface area contributed by atoms with Crippen molar-refractivity contribution in [2.24, 2.45) is 13.0 Å². The van der Waals surface area contributed by atoms with Gasteiger partial charge in [-0.2, -0.15) is 5.10 Å². The summed E-state index contributed by atoms with van der Waals surface area (Å²) < 4.78 is 1.83. The summed E-state index contributed by atoms with van der Waals surface area (Å²) in [7, 11) is 1.92. The van der Waals surface area contributed by atoms with Gasteiger partial charge < -0.3 is 10.4 Å². The molecule has 18 heavy (non-hydrogen) atoms. The summed E-state index contributed by atoms with van der Waals surface area (Å²) in [5.41, 5.74) is 1.91. The van der Waals surface area contributed by atoms with Crippen molar-refractivity contribution in [3.63, 3.8) is 0 Å². The molecule has 102 valence electrons. The maximum atomic E-state index is 9.62. The third kappa shape index (κ3) is 3.25. The van der Waals surface area contributed by atoms with Crippen molar-refractivity contribution in [2.75, 3.05) is 6.54 Å². The molecule has 0 amide bonds. The summed E-state index contributed by atoms with van der Waals surface area (Å²) in [5, 5.41) is 18.1. The number of hydrogen-bond donors (Lipinski definition) is 2. The van der Waals surface area contributed by atoms with Gasteiger partial charge in [-0.3, -0.25) is 4.68 Å². The number of aryl methyl sites for hydroxylation is 2. The number of aliphatic hydroxyl groups excluding tert-OH is 1. The van der Waals surface area contributed by atoms with Crippen LogP contribution in [-0.4, -0.2) is 27.5 Å². The van der Waals surface area contributed by atoms with Crippen LogP contribution < -0.4 is 5.32 Å². The Morgan fingerprint density at radius 1 is 1.50 bits per heavy atom. The van der Waals surface area contributed by atoms with E-state index in [2.05, 4.69) is 10.4 Å². The van der Waals surface area contributed by atoms with Gasteiger partial charge in [-0.25, -0.2) is 0 Å². The van der Waals surface area contributed by atoms with Crippen molar-refractivity contribution in [2.45, 2.75) is 45.3 Å². The Hall–Kier alpha value is -0.580. The van der Waals surface area contributed by atoms with Crippen LogP contribution in [-0.2, 0) is 13.6 Å². The van der Waals surface area contributed by atoms with E-state index < -0.39 is 0 Å². The molecular formula is C13H22ClN3O. The SMILES string of the molecule is Cc1nn(C)c(CNCC2CCCC(O)C2)c1Cl. The molecule has 0 radical (unpaired) electrons. The lowest BCUT2D eigenvalue weighted by molar-refractivity contribution is 0.100. The zero-order chi connectivity index (χ0) is 13.1. The second-order valence-corrected chi connectivity index (χ2v) is 5.67. The third-order valence-corrected chi connectivity index (χ3v) is 4.23. The fourth-order valence-electron chi connectivity index (χ4n) is 2.71. The Morgan fingerprint density at radius 3 is 2.89 bits per heavy atom. The molecule has 1 fully saturated rings. The van der Waals surface area contributed by atoms with Crippen LogP contribution in [0.1, 0.15) is 37.1 Å². The Labute approximate surface area is 113 Å². The minimum Gasteiger partial charge on any atom is -0.393 e. The zero-order valence-electron chi connectivity index (χ0n) is 11.1. The van der Waals surface area contributed by atoms with Crippen LogP contribution in [0, 0.1) is 12.8 Å². The van der Waals surface area contributed by atoms with Crippen LogP contribution in [0.3, 0.4) is 0 Å². The molecule has 0 spiro atoms. The third-order valence-electron chi connectivity index (χ3n) is 3.74. The number of nitrogens with zero attached hydrogens (tertiary/aromatic N) is 2. The molecule has 2 unspecified atom stereocenters. The average molecular weight is 272 g/mol. The molecule has 1 aromatic rings. The summed E-state index contributed by atoms with van der Waals surface area (Å²) in [4.78, 5) is 0. The van der Waals surface area contributed by atoms with E-state index in [9.17, 15) is 5.11 Å². The van der Waals surface area contributed by atoms with Crippen LogP contribution in [0.25, 0.3) is 0 Å². The lowest BCUT2D eigenvalue weighted by Crippen LogP contribution is -2.29. The van der Waals surface area contributed by atoms with Crippen LogP contribution in [0.15, 0.2) is 0 Å². The molecule has 1 aliphatic rings. The molecule has 1 saturated carbocycles. The molecule has 4 nitrogen and oxygen atoms in total. The molecule has 1 aromatic heterocycles. The standard InChI is InChI=1S/C13H22ClN3O/c1-9-13(14)12(17(2)16-9)8-15-7-10-4-3-5-11(18)6-10/h10-11,15,18H,3-8H2,1-2H3. The van der Waals surface area contributed by atoms with E-state index in [1.165, 1.54) is 6.42 Å². The number of hydrogen-bond acceptors (Lipinski definition) is 3. The largest absolute Gasteiger partial charge is 0.393 e. The van der Waals surface area contributed by atoms with E-state index in [0.717, 1.165) is 48.8 Å². The van der Waals surface area contributed by atoms with E-state index in [4.69, 9.17) is 11.6 Å². The summed E-state index contributed by atoms with van der Waals surface area (Å²) in [5.74, 6) is 0.585. The first-order valence-corrected chi connectivity index (χ1v) is 7.02. The predicted molar refractivity (Wildman–Crippen MR) is 72.6 cm³/mol.